The van der Waals surface area contributed by atoms with Crippen LogP contribution in [0.1, 0.15) is 27.8 Å². The lowest BCUT2D eigenvalue weighted by Gasteiger charge is -2.20. The zero-order valence-corrected chi connectivity index (χ0v) is 18.5. The van der Waals surface area contributed by atoms with Crippen LogP contribution in [-0.4, -0.2) is 49.6 Å². The van der Waals surface area contributed by atoms with Crippen molar-refractivity contribution in [1.82, 2.24) is 19.3 Å². The molecular weight excluding hydrogens is 420 g/mol. The minimum absolute atomic E-state index is 0.0156. The molecule has 0 aliphatic heterocycles. The molecule has 0 saturated heterocycles. The Kier molecular flexibility index (Phi) is 6.74. The van der Waals surface area contributed by atoms with Crippen LogP contribution in [-0.2, 0) is 21.9 Å². The Hall–Kier alpha value is -3.21. The molecule has 3 rings (SSSR count). The predicted molar refractivity (Wildman–Crippen MR) is 114 cm³/mol. The number of methoxy groups -OCH3 is 1. The van der Waals surface area contributed by atoms with Crippen LogP contribution in [0.5, 0.6) is 5.75 Å². The Bertz CT molecular complexity index is 1160. The van der Waals surface area contributed by atoms with Crippen molar-refractivity contribution >= 4 is 15.9 Å². The lowest BCUT2D eigenvalue weighted by Crippen LogP contribution is -2.31. The Morgan fingerprint density at radius 3 is 2.45 bits per heavy atom. The highest BCUT2D eigenvalue weighted by Crippen LogP contribution is 2.25. The van der Waals surface area contributed by atoms with E-state index in [0.29, 0.717) is 17.1 Å². The second-order valence-corrected chi connectivity index (χ2v) is 8.64. The Balaban J connectivity index is 1.90. The maximum Gasteiger partial charge on any atom is 0.264 e. The van der Waals surface area contributed by atoms with Crippen LogP contribution in [0.4, 0.5) is 0 Å². The summed E-state index contributed by atoms with van der Waals surface area (Å²) in [5.41, 5.74) is 1.10. The fraction of sp³-hybridized carbons (Fsp3) is 0.238. The summed E-state index contributed by atoms with van der Waals surface area (Å²) in [6.07, 6.45) is 3.45. The number of aromatic nitrogens is 2. The van der Waals surface area contributed by atoms with Gasteiger partial charge in [0.25, 0.3) is 15.9 Å². The number of hydrogen-bond donors (Lipinski definition) is 1. The number of ether oxygens (including phenoxy) is 1. The van der Waals surface area contributed by atoms with E-state index in [1.165, 1.54) is 38.4 Å². The number of hydroxylamine groups is 1. The third-order valence-corrected chi connectivity index (χ3v) is 6.52. The van der Waals surface area contributed by atoms with E-state index in [-0.39, 0.29) is 10.8 Å². The second-order valence-electron chi connectivity index (χ2n) is 6.70. The minimum atomic E-state index is -3.79. The molecule has 1 N–H and O–H groups in total. The van der Waals surface area contributed by atoms with Gasteiger partial charge in [-0.25, -0.2) is 13.4 Å². The summed E-state index contributed by atoms with van der Waals surface area (Å²) in [6.45, 7) is 0. The Morgan fingerprint density at radius 1 is 1.16 bits per heavy atom. The fourth-order valence-electron chi connectivity index (χ4n) is 3.01. The van der Waals surface area contributed by atoms with Crippen molar-refractivity contribution in [2.75, 3.05) is 21.3 Å². The van der Waals surface area contributed by atoms with Gasteiger partial charge in [0.2, 0.25) is 0 Å². The summed E-state index contributed by atoms with van der Waals surface area (Å²) in [5.74, 6) is 0.921. The number of aryl methyl sites for hydroxylation is 1. The van der Waals surface area contributed by atoms with Crippen LogP contribution in [0.25, 0.3) is 0 Å². The van der Waals surface area contributed by atoms with E-state index in [1.807, 2.05) is 35.9 Å². The van der Waals surface area contributed by atoms with Gasteiger partial charge in [-0.05, 0) is 42.0 Å². The molecule has 0 spiro atoms. The van der Waals surface area contributed by atoms with Crippen molar-refractivity contribution in [3.05, 3.63) is 77.9 Å². The average molecular weight is 445 g/mol. The zero-order valence-electron chi connectivity index (χ0n) is 17.6. The van der Waals surface area contributed by atoms with E-state index in [2.05, 4.69) is 10.3 Å². The quantitative estimate of drug-likeness (QED) is 0.534. The van der Waals surface area contributed by atoms with Crippen LogP contribution < -0.4 is 10.1 Å². The SMILES string of the molecule is COc1cccc(C(NC(=O)c2ccc(S(=O)(=O)N(C)OC)cc2)c2nccn2C)c1. The first kappa shape index (κ1) is 22.5. The lowest BCUT2D eigenvalue weighted by molar-refractivity contribution is -0.0258. The van der Waals surface area contributed by atoms with E-state index in [0.717, 1.165) is 10.0 Å². The highest BCUT2D eigenvalue weighted by molar-refractivity contribution is 7.89. The van der Waals surface area contributed by atoms with Crippen molar-refractivity contribution < 1.29 is 22.8 Å². The normalized spacial score (nSPS) is 12.5. The summed E-state index contributed by atoms with van der Waals surface area (Å²) in [6, 6.07) is 12.4. The Labute approximate surface area is 181 Å². The van der Waals surface area contributed by atoms with Gasteiger partial charge in [-0.3, -0.25) is 9.63 Å². The van der Waals surface area contributed by atoms with Gasteiger partial charge >= 0.3 is 0 Å². The number of carbonyl (C=O) groups is 1. The molecule has 3 aromatic rings. The van der Waals surface area contributed by atoms with Gasteiger partial charge < -0.3 is 14.6 Å². The number of hydrogen-bond acceptors (Lipinski definition) is 6. The molecule has 1 unspecified atom stereocenters. The van der Waals surface area contributed by atoms with E-state index in [4.69, 9.17) is 9.57 Å². The molecule has 164 valence electrons. The molecule has 0 radical (unpaired) electrons. The summed E-state index contributed by atoms with van der Waals surface area (Å²) >= 11 is 0. The standard InChI is InChI=1S/C21H24N4O5S/c1-24-13-12-22-20(24)19(16-6-5-7-17(14-16)29-3)23-21(26)15-8-10-18(11-9-15)31(27,28)25(2)30-4/h5-14,19H,1-4H3,(H,23,26). The Morgan fingerprint density at radius 2 is 1.87 bits per heavy atom. The highest BCUT2D eigenvalue weighted by atomic mass is 32.2. The van der Waals surface area contributed by atoms with Crippen LogP contribution in [0.2, 0.25) is 0 Å². The van der Waals surface area contributed by atoms with E-state index in [9.17, 15) is 13.2 Å². The molecule has 0 bridgehead atoms. The molecule has 1 aromatic heterocycles. The lowest BCUT2D eigenvalue weighted by atomic mass is 10.0. The molecule has 0 fully saturated rings. The van der Waals surface area contributed by atoms with Crippen LogP contribution in [0.3, 0.4) is 0 Å². The maximum atomic E-state index is 13.0. The molecule has 1 heterocycles. The van der Waals surface area contributed by atoms with Gasteiger partial charge in [-0.15, -0.1) is 0 Å². The first-order valence-corrected chi connectivity index (χ1v) is 10.8. The van der Waals surface area contributed by atoms with Crippen molar-refractivity contribution in [1.29, 1.82) is 0 Å². The number of amides is 1. The van der Waals surface area contributed by atoms with Gasteiger partial charge in [0.15, 0.2) is 0 Å². The molecule has 10 heteroatoms. The number of rotatable bonds is 8. The van der Waals surface area contributed by atoms with Crippen molar-refractivity contribution in [2.24, 2.45) is 7.05 Å². The molecule has 9 nitrogen and oxygen atoms in total. The molecule has 31 heavy (non-hydrogen) atoms. The van der Waals surface area contributed by atoms with Crippen molar-refractivity contribution in [2.45, 2.75) is 10.9 Å². The molecule has 0 aliphatic carbocycles. The van der Waals surface area contributed by atoms with Gasteiger partial charge in [-0.1, -0.05) is 16.6 Å². The zero-order chi connectivity index (χ0) is 22.6. The first-order chi connectivity index (χ1) is 14.8. The van der Waals surface area contributed by atoms with Gasteiger partial charge in [0.1, 0.15) is 17.6 Å². The summed E-state index contributed by atoms with van der Waals surface area (Å²) in [5, 5.41) is 2.97. The molecule has 0 saturated carbocycles. The van der Waals surface area contributed by atoms with Crippen LogP contribution in [0, 0.1) is 0 Å². The summed E-state index contributed by atoms with van der Waals surface area (Å²) in [7, 11) is 2.17. The number of carbonyl (C=O) groups excluding carboxylic acids is 1. The smallest absolute Gasteiger partial charge is 0.264 e. The van der Waals surface area contributed by atoms with Crippen LogP contribution in [0.15, 0.2) is 65.8 Å². The van der Waals surface area contributed by atoms with Gasteiger partial charge in [0.05, 0.1) is 19.1 Å². The topological polar surface area (TPSA) is 103 Å². The molecule has 0 aliphatic rings. The number of benzene rings is 2. The molecular formula is C21H24N4O5S. The first-order valence-electron chi connectivity index (χ1n) is 9.33. The van der Waals surface area contributed by atoms with Gasteiger partial charge in [-0.2, -0.15) is 0 Å². The van der Waals surface area contributed by atoms with E-state index < -0.39 is 16.1 Å². The number of imidazole rings is 1. The largest absolute Gasteiger partial charge is 0.497 e. The molecule has 1 atom stereocenters. The fourth-order valence-corrected chi connectivity index (χ4v) is 3.99. The summed E-state index contributed by atoms with van der Waals surface area (Å²) in [4.78, 5) is 22.1. The van der Waals surface area contributed by atoms with Crippen molar-refractivity contribution in [3.8, 4) is 5.75 Å². The second kappa shape index (κ2) is 9.29. The molecule has 2 aromatic carbocycles. The third kappa shape index (κ3) is 4.76. The number of nitrogens with one attached hydrogen (secondary N) is 1. The number of nitrogens with zero attached hydrogens (tertiary/aromatic N) is 3. The average Bonchev–Trinajstić information content (AvgIpc) is 3.22. The van der Waals surface area contributed by atoms with Crippen LogP contribution >= 0.6 is 0 Å². The van der Waals surface area contributed by atoms with Crippen molar-refractivity contribution in [3.63, 3.8) is 0 Å². The predicted octanol–water partition coefficient (Wildman–Crippen LogP) is 2.13. The van der Waals surface area contributed by atoms with Gasteiger partial charge in [0, 0.05) is 32.1 Å². The van der Waals surface area contributed by atoms with E-state index >= 15 is 0 Å². The minimum Gasteiger partial charge on any atom is -0.497 e. The van der Waals surface area contributed by atoms with E-state index in [1.54, 1.807) is 19.5 Å². The monoisotopic (exact) mass is 444 g/mol. The third-order valence-electron chi connectivity index (χ3n) is 4.83. The molecule has 1 amide bonds. The summed E-state index contributed by atoms with van der Waals surface area (Å²) < 4.78 is 32.6. The highest BCUT2D eigenvalue weighted by Gasteiger charge is 2.24. The number of sulfonamides is 1. The maximum absolute atomic E-state index is 13.0.